The normalized spacial score (nSPS) is 9.94. The number of hydrogen-bond donors (Lipinski definition) is 0. The van der Waals surface area contributed by atoms with Gasteiger partial charge in [0.15, 0.2) is 0 Å². The maximum absolute atomic E-state index is 8.70. The van der Waals surface area contributed by atoms with Gasteiger partial charge in [0.1, 0.15) is 11.9 Å². The Balaban J connectivity index is 2.09. The Morgan fingerprint density at radius 1 is 1.41 bits per heavy atom. The monoisotopic (exact) mass is 307 g/mol. The van der Waals surface area contributed by atoms with Crippen LogP contribution in [-0.2, 0) is 6.54 Å². The molecular weight excluding hydrogens is 298 g/mol. The van der Waals surface area contributed by atoms with E-state index in [1.807, 2.05) is 19.2 Å². The van der Waals surface area contributed by atoms with Crippen LogP contribution in [0.4, 0.5) is 5.82 Å². The molecule has 0 aliphatic heterocycles. The zero-order valence-electron chi connectivity index (χ0n) is 9.22. The van der Waals surface area contributed by atoms with Crippen LogP contribution in [0.3, 0.4) is 0 Å². The first-order valence-electron chi connectivity index (χ1n) is 5.00. The number of pyridine rings is 1. The van der Waals surface area contributed by atoms with Gasteiger partial charge in [-0.3, -0.25) is 0 Å². The van der Waals surface area contributed by atoms with E-state index in [-0.39, 0.29) is 0 Å². The van der Waals surface area contributed by atoms with Gasteiger partial charge in [-0.1, -0.05) is 0 Å². The predicted molar refractivity (Wildman–Crippen MR) is 73.1 cm³/mol. The summed E-state index contributed by atoms with van der Waals surface area (Å²) in [5.74, 6) is 0.869. The highest BCUT2D eigenvalue weighted by molar-refractivity contribution is 9.11. The van der Waals surface area contributed by atoms with Crippen LogP contribution >= 0.6 is 27.3 Å². The number of nitriles is 1. The van der Waals surface area contributed by atoms with Gasteiger partial charge in [-0.15, -0.1) is 11.3 Å². The van der Waals surface area contributed by atoms with E-state index in [0.717, 1.165) is 16.1 Å². The van der Waals surface area contributed by atoms with Gasteiger partial charge >= 0.3 is 0 Å². The van der Waals surface area contributed by atoms with Crippen molar-refractivity contribution < 1.29 is 0 Å². The van der Waals surface area contributed by atoms with E-state index in [9.17, 15) is 0 Å². The fraction of sp³-hybridized carbons (Fsp3) is 0.167. The Hall–Kier alpha value is -1.38. The van der Waals surface area contributed by atoms with Gasteiger partial charge in [0.2, 0.25) is 0 Å². The smallest absolute Gasteiger partial charge is 0.128 e. The molecule has 0 unspecified atom stereocenters. The van der Waals surface area contributed by atoms with Gasteiger partial charge < -0.3 is 4.90 Å². The SMILES string of the molecule is CN(Cc1ccc(Br)s1)c1ccc(C#N)cn1. The number of aromatic nitrogens is 1. The van der Waals surface area contributed by atoms with Crippen LogP contribution in [-0.4, -0.2) is 12.0 Å². The molecule has 0 spiro atoms. The summed E-state index contributed by atoms with van der Waals surface area (Å²) in [6.07, 6.45) is 1.59. The first-order valence-corrected chi connectivity index (χ1v) is 6.61. The minimum Gasteiger partial charge on any atom is -0.355 e. The van der Waals surface area contributed by atoms with Crippen LogP contribution in [0.1, 0.15) is 10.4 Å². The van der Waals surface area contributed by atoms with Gasteiger partial charge in [-0.2, -0.15) is 5.26 Å². The van der Waals surface area contributed by atoms with Gasteiger partial charge in [0.05, 0.1) is 15.9 Å². The number of halogens is 1. The number of rotatable bonds is 3. The minimum atomic E-state index is 0.584. The summed E-state index contributed by atoms with van der Waals surface area (Å²) in [6.45, 7) is 0.815. The molecule has 0 aliphatic rings. The minimum absolute atomic E-state index is 0.584. The number of hydrogen-bond acceptors (Lipinski definition) is 4. The van der Waals surface area contributed by atoms with Gasteiger partial charge in [0, 0.05) is 18.1 Å². The van der Waals surface area contributed by atoms with Crippen LogP contribution in [0.5, 0.6) is 0 Å². The molecule has 0 saturated carbocycles. The summed E-state index contributed by atoms with van der Waals surface area (Å²) in [4.78, 5) is 7.57. The Morgan fingerprint density at radius 3 is 2.76 bits per heavy atom. The quantitative estimate of drug-likeness (QED) is 0.872. The molecule has 2 heterocycles. The third kappa shape index (κ3) is 3.05. The van der Waals surface area contributed by atoms with Crippen molar-refractivity contribution in [3.05, 3.63) is 44.7 Å². The van der Waals surface area contributed by atoms with Gasteiger partial charge in [-0.05, 0) is 40.2 Å². The van der Waals surface area contributed by atoms with E-state index in [2.05, 4.69) is 37.9 Å². The fourth-order valence-corrected chi connectivity index (χ4v) is 2.97. The zero-order chi connectivity index (χ0) is 12.3. The van der Waals surface area contributed by atoms with E-state index < -0.39 is 0 Å². The van der Waals surface area contributed by atoms with Crippen LogP contribution in [0.25, 0.3) is 0 Å². The lowest BCUT2D eigenvalue weighted by molar-refractivity contribution is 0.912. The molecular formula is C12H10BrN3S. The van der Waals surface area contributed by atoms with E-state index in [0.29, 0.717) is 5.56 Å². The number of thiophene rings is 1. The maximum atomic E-state index is 8.70. The summed E-state index contributed by atoms with van der Waals surface area (Å²) >= 11 is 5.16. The zero-order valence-corrected chi connectivity index (χ0v) is 11.6. The number of anilines is 1. The Kier molecular flexibility index (Phi) is 3.77. The molecule has 0 N–H and O–H groups in total. The largest absolute Gasteiger partial charge is 0.355 e. The summed E-state index contributed by atoms with van der Waals surface area (Å²) in [7, 11) is 1.99. The molecule has 0 bridgehead atoms. The molecule has 86 valence electrons. The highest BCUT2D eigenvalue weighted by Crippen LogP contribution is 2.24. The average Bonchev–Trinajstić information content (AvgIpc) is 2.75. The molecule has 0 saturated heterocycles. The van der Waals surface area contributed by atoms with Crippen molar-refractivity contribution in [3.8, 4) is 6.07 Å². The molecule has 5 heteroatoms. The lowest BCUT2D eigenvalue weighted by Crippen LogP contribution is -2.16. The molecule has 2 rings (SSSR count). The second-order valence-corrected chi connectivity index (χ2v) is 6.13. The highest BCUT2D eigenvalue weighted by atomic mass is 79.9. The molecule has 2 aromatic rings. The Bertz CT molecular complexity index is 542. The van der Waals surface area contributed by atoms with Crippen molar-refractivity contribution >= 4 is 33.1 Å². The third-order valence-electron chi connectivity index (χ3n) is 2.29. The molecule has 2 aromatic heterocycles. The lowest BCUT2D eigenvalue weighted by Gasteiger charge is -2.16. The van der Waals surface area contributed by atoms with Crippen molar-refractivity contribution in [2.24, 2.45) is 0 Å². The fourth-order valence-electron chi connectivity index (χ4n) is 1.43. The summed E-state index contributed by atoms with van der Waals surface area (Å²) in [5, 5.41) is 8.70. The van der Waals surface area contributed by atoms with Crippen molar-refractivity contribution in [3.63, 3.8) is 0 Å². The van der Waals surface area contributed by atoms with Crippen molar-refractivity contribution in [1.29, 1.82) is 5.26 Å². The van der Waals surface area contributed by atoms with Crippen LogP contribution in [0.15, 0.2) is 34.2 Å². The molecule has 0 amide bonds. The molecule has 0 aliphatic carbocycles. The van der Waals surface area contributed by atoms with E-state index >= 15 is 0 Å². The third-order valence-corrected chi connectivity index (χ3v) is 3.90. The summed E-state index contributed by atoms with van der Waals surface area (Å²) < 4.78 is 1.13. The van der Waals surface area contributed by atoms with E-state index in [4.69, 9.17) is 5.26 Å². The molecule has 3 nitrogen and oxygen atoms in total. The molecule has 0 fully saturated rings. The Labute approximate surface area is 112 Å². The first-order chi connectivity index (χ1) is 8.19. The van der Waals surface area contributed by atoms with Crippen LogP contribution in [0.2, 0.25) is 0 Å². The Morgan fingerprint density at radius 2 is 2.24 bits per heavy atom. The maximum Gasteiger partial charge on any atom is 0.128 e. The van der Waals surface area contributed by atoms with Gasteiger partial charge in [-0.25, -0.2) is 4.98 Å². The molecule has 0 aromatic carbocycles. The van der Waals surface area contributed by atoms with Crippen molar-refractivity contribution in [2.45, 2.75) is 6.54 Å². The molecule has 0 atom stereocenters. The average molecular weight is 308 g/mol. The van der Waals surface area contributed by atoms with Crippen molar-refractivity contribution in [2.75, 3.05) is 11.9 Å². The first kappa shape index (κ1) is 12.1. The standard InChI is InChI=1S/C12H10BrN3S/c1-16(8-10-3-4-11(13)17-10)12-5-2-9(6-14)7-15-12/h2-5,7H,8H2,1H3. The predicted octanol–water partition coefficient (Wildman–Crippen LogP) is 3.41. The van der Waals surface area contributed by atoms with Crippen LogP contribution < -0.4 is 4.90 Å². The van der Waals surface area contributed by atoms with E-state index in [1.54, 1.807) is 23.6 Å². The topological polar surface area (TPSA) is 39.9 Å². The van der Waals surface area contributed by atoms with Crippen molar-refractivity contribution in [1.82, 2.24) is 4.98 Å². The second kappa shape index (κ2) is 5.30. The summed E-state index contributed by atoms with van der Waals surface area (Å²) in [5.41, 5.74) is 0.584. The van der Waals surface area contributed by atoms with Crippen LogP contribution in [0, 0.1) is 11.3 Å². The molecule has 0 radical (unpaired) electrons. The second-order valence-electron chi connectivity index (χ2n) is 3.58. The molecule has 17 heavy (non-hydrogen) atoms. The highest BCUT2D eigenvalue weighted by Gasteiger charge is 2.05. The number of nitrogens with zero attached hydrogens (tertiary/aromatic N) is 3. The summed E-state index contributed by atoms with van der Waals surface area (Å²) in [6, 6.07) is 9.84. The lowest BCUT2D eigenvalue weighted by atomic mass is 10.3. The van der Waals surface area contributed by atoms with E-state index in [1.165, 1.54) is 4.88 Å². The van der Waals surface area contributed by atoms with Gasteiger partial charge in [0.25, 0.3) is 0 Å².